The Bertz CT molecular complexity index is 546. The largest absolute Gasteiger partial charge is 0.328 e. The fourth-order valence-corrected chi connectivity index (χ4v) is 1.49. The Morgan fingerprint density at radius 3 is 2.50 bits per heavy atom. The summed E-state index contributed by atoms with van der Waals surface area (Å²) in [5.74, 6) is -0.285. The van der Waals surface area contributed by atoms with E-state index in [-0.39, 0.29) is 17.9 Å². The van der Waals surface area contributed by atoms with Crippen molar-refractivity contribution in [2.45, 2.75) is 6.54 Å². The zero-order valence-electron chi connectivity index (χ0n) is 8.53. The van der Waals surface area contributed by atoms with Crippen LogP contribution in [0.5, 0.6) is 0 Å². The predicted octanol–water partition coefficient (Wildman–Crippen LogP) is 1.64. The van der Waals surface area contributed by atoms with Crippen molar-refractivity contribution in [1.29, 1.82) is 0 Å². The van der Waals surface area contributed by atoms with E-state index in [1.807, 2.05) is 0 Å². The van der Waals surface area contributed by atoms with Gasteiger partial charge in [0.15, 0.2) is 0 Å². The van der Waals surface area contributed by atoms with Crippen LogP contribution in [0.25, 0.3) is 11.1 Å². The lowest BCUT2D eigenvalue weighted by atomic mass is 10.1. The molecule has 3 nitrogen and oxygen atoms in total. The molecule has 0 aliphatic rings. The molecule has 16 heavy (non-hydrogen) atoms. The summed E-state index contributed by atoms with van der Waals surface area (Å²) in [4.78, 5) is 13.9. The number of halogens is 1. The van der Waals surface area contributed by atoms with Crippen LogP contribution in [0.4, 0.5) is 4.39 Å². The van der Waals surface area contributed by atoms with E-state index in [2.05, 4.69) is 4.98 Å². The van der Waals surface area contributed by atoms with Gasteiger partial charge in [0, 0.05) is 18.3 Å². The smallest absolute Gasteiger partial charge is 0.252 e. The van der Waals surface area contributed by atoms with E-state index in [0.717, 1.165) is 11.1 Å². The first-order chi connectivity index (χ1) is 7.70. The maximum absolute atomic E-state index is 12.7. The summed E-state index contributed by atoms with van der Waals surface area (Å²) in [7, 11) is 0. The molecule has 0 bridgehead atoms. The molecule has 1 heterocycles. The van der Waals surface area contributed by atoms with Gasteiger partial charge in [0.25, 0.3) is 5.56 Å². The maximum atomic E-state index is 12.7. The number of aromatic nitrogens is 1. The Labute approximate surface area is 91.7 Å². The van der Waals surface area contributed by atoms with Gasteiger partial charge in [0.1, 0.15) is 5.82 Å². The summed E-state index contributed by atoms with van der Waals surface area (Å²) in [6.07, 6.45) is 1.59. The minimum absolute atomic E-state index is 0.185. The number of benzene rings is 1. The van der Waals surface area contributed by atoms with Crippen LogP contribution in [0, 0.1) is 5.82 Å². The van der Waals surface area contributed by atoms with E-state index in [9.17, 15) is 9.18 Å². The summed E-state index contributed by atoms with van der Waals surface area (Å²) in [5.41, 5.74) is 7.43. The molecule has 82 valence electrons. The van der Waals surface area contributed by atoms with Gasteiger partial charge >= 0.3 is 0 Å². The van der Waals surface area contributed by atoms with E-state index < -0.39 is 0 Å². The van der Waals surface area contributed by atoms with E-state index in [1.165, 1.54) is 12.1 Å². The highest BCUT2D eigenvalue weighted by atomic mass is 19.1. The van der Waals surface area contributed by atoms with Gasteiger partial charge in [0.2, 0.25) is 0 Å². The lowest BCUT2D eigenvalue weighted by Crippen LogP contribution is -2.15. The van der Waals surface area contributed by atoms with Crippen molar-refractivity contribution in [3.8, 4) is 11.1 Å². The van der Waals surface area contributed by atoms with Crippen molar-refractivity contribution < 1.29 is 4.39 Å². The van der Waals surface area contributed by atoms with Gasteiger partial charge in [-0.25, -0.2) is 4.39 Å². The quantitative estimate of drug-likeness (QED) is 0.805. The maximum Gasteiger partial charge on any atom is 0.252 e. The Balaban J connectivity index is 2.48. The van der Waals surface area contributed by atoms with Gasteiger partial charge in [-0.15, -0.1) is 0 Å². The Morgan fingerprint density at radius 1 is 1.19 bits per heavy atom. The second kappa shape index (κ2) is 4.28. The predicted molar refractivity (Wildman–Crippen MR) is 60.3 cm³/mol. The van der Waals surface area contributed by atoms with Crippen LogP contribution in [0.3, 0.4) is 0 Å². The first kappa shape index (κ1) is 10.6. The lowest BCUT2D eigenvalue weighted by molar-refractivity contribution is 0.628. The van der Waals surface area contributed by atoms with Gasteiger partial charge in [-0.3, -0.25) is 4.79 Å². The fourth-order valence-electron chi connectivity index (χ4n) is 1.49. The molecule has 0 unspecified atom stereocenters. The van der Waals surface area contributed by atoms with Crippen LogP contribution in [-0.4, -0.2) is 4.98 Å². The molecular weight excluding hydrogens is 207 g/mol. The third-order valence-electron chi connectivity index (χ3n) is 2.38. The molecule has 1 aromatic heterocycles. The molecular formula is C12H11FN2O. The number of nitrogens with one attached hydrogen (secondary N) is 1. The molecule has 3 N–H and O–H groups in total. The van der Waals surface area contributed by atoms with Gasteiger partial charge in [-0.2, -0.15) is 0 Å². The van der Waals surface area contributed by atoms with Crippen LogP contribution in [0.1, 0.15) is 5.56 Å². The van der Waals surface area contributed by atoms with Crippen LogP contribution in [-0.2, 0) is 6.54 Å². The summed E-state index contributed by atoms with van der Waals surface area (Å²) in [6, 6.07) is 7.78. The average Bonchev–Trinajstić information content (AvgIpc) is 2.31. The third-order valence-corrected chi connectivity index (χ3v) is 2.38. The van der Waals surface area contributed by atoms with Crippen molar-refractivity contribution in [3.05, 3.63) is 58.3 Å². The molecule has 0 amide bonds. The summed E-state index contributed by atoms with van der Waals surface area (Å²) in [5, 5.41) is 0. The van der Waals surface area contributed by atoms with Crippen molar-refractivity contribution >= 4 is 0 Å². The highest BCUT2D eigenvalue weighted by Crippen LogP contribution is 2.18. The summed E-state index contributed by atoms with van der Waals surface area (Å²) >= 11 is 0. The first-order valence-corrected chi connectivity index (χ1v) is 4.88. The monoisotopic (exact) mass is 218 g/mol. The number of H-pyrrole nitrogens is 1. The fraction of sp³-hybridized carbons (Fsp3) is 0.0833. The SMILES string of the molecule is NCc1cc(-c2ccc(F)cc2)c[nH]c1=O. The number of rotatable bonds is 2. The molecule has 0 aliphatic heterocycles. The van der Waals surface area contributed by atoms with Crippen LogP contribution in [0.15, 0.2) is 41.3 Å². The van der Waals surface area contributed by atoms with Crippen LogP contribution in [0.2, 0.25) is 0 Å². The molecule has 2 rings (SSSR count). The zero-order chi connectivity index (χ0) is 11.5. The molecule has 0 radical (unpaired) electrons. The van der Waals surface area contributed by atoms with E-state index in [4.69, 9.17) is 5.73 Å². The lowest BCUT2D eigenvalue weighted by Gasteiger charge is -2.03. The molecule has 0 spiro atoms. The van der Waals surface area contributed by atoms with E-state index in [0.29, 0.717) is 5.56 Å². The van der Waals surface area contributed by atoms with Crippen molar-refractivity contribution in [3.63, 3.8) is 0 Å². The number of hydrogen-bond acceptors (Lipinski definition) is 2. The molecule has 0 aliphatic carbocycles. The molecule has 0 saturated carbocycles. The van der Waals surface area contributed by atoms with Gasteiger partial charge in [0.05, 0.1) is 0 Å². The van der Waals surface area contributed by atoms with Crippen molar-refractivity contribution in [2.75, 3.05) is 0 Å². The minimum atomic E-state index is -0.285. The molecule has 0 fully saturated rings. The minimum Gasteiger partial charge on any atom is -0.328 e. The van der Waals surface area contributed by atoms with Crippen molar-refractivity contribution in [2.24, 2.45) is 5.73 Å². The van der Waals surface area contributed by atoms with Gasteiger partial charge in [-0.05, 0) is 29.3 Å². The Hall–Kier alpha value is -1.94. The number of nitrogens with two attached hydrogens (primary N) is 1. The number of aromatic amines is 1. The summed E-state index contributed by atoms with van der Waals surface area (Å²) < 4.78 is 12.7. The molecule has 0 atom stereocenters. The average molecular weight is 218 g/mol. The molecule has 1 aromatic carbocycles. The topological polar surface area (TPSA) is 58.9 Å². The highest BCUT2D eigenvalue weighted by molar-refractivity contribution is 5.62. The van der Waals surface area contributed by atoms with E-state index in [1.54, 1.807) is 24.4 Å². The number of pyridine rings is 1. The Kier molecular flexibility index (Phi) is 2.83. The van der Waals surface area contributed by atoms with Gasteiger partial charge < -0.3 is 10.7 Å². The summed E-state index contributed by atoms with van der Waals surface area (Å²) in [6.45, 7) is 0.185. The molecule has 2 aromatic rings. The van der Waals surface area contributed by atoms with Gasteiger partial charge in [-0.1, -0.05) is 12.1 Å². The standard InChI is InChI=1S/C12H11FN2O/c13-11-3-1-8(2-4-11)10-5-9(6-14)12(16)15-7-10/h1-5,7H,6,14H2,(H,15,16). The highest BCUT2D eigenvalue weighted by Gasteiger charge is 2.02. The first-order valence-electron chi connectivity index (χ1n) is 4.88. The molecule has 4 heteroatoms. The van der Waals surface area contributed by atoms with Crippen molar-refractivity contribution in [1.82, 2.24) is 4.98 Å². The van der Waals surface area contributed by atoms with E-state index >= 15 is 0 Å². The van der Waals surface area contributed by atoms with Crippen LogP contribution < -0.4 is 11.3 Å². The molecule has 0 saturated heterocycles. The third kappa shape index (κ3) is 2.01. The second-order valence-electron chi connectivity index (χ2n) is 3.45. The zero-order valence-corrected chi connectivity index (χ0v) is 8.53. The number of hydrogen-bond donors (Lipinski definition) is 2. The normalized spacial score (nSPS) is 10.4. The second-order valence-corrected chi connectivity index (χ2v) is 3.45. The Morgan fingerprint density at radius 2 is 1.88 bits per heavy atom. The van der Waals surface area contributed by atoms with Crippen LogP contribution >= 0.6 is 0 Å².